The quantitative estimate of drug-likeness (QED) is 0.852. The molecule has 1 N–H and O–H groups in total. The largest absolute Gasteiger partial charge is 0.444 e. The summed E-state index contributed by atoms with van der Waals surface area (Å²) in [7, 11) is 0. The lowest BCUT2D eigenvalue weighted by Crippen LogP contribution is -2.34. The van der Waals surface area contributed by atoms with Crippen molar-refractivity contribution in [2.75, 3.05) is 0 Å². The summed E-state index contributed by atoms with van der Waals surface area (Å²) in [5.74, 6) is 0.448. The third-order valence-electron chi connectivity index (χ3n) is 2.72. The molecule has 1 saturated carbocycles. The van der Waals surface area contributed by atoms with Crippen LogP contribution >= 0.6 is 0 Å². The molecule has 3 heteroatoms. The van der Waals surface area contributed by atoms with Gasteiger partial charge in [0.2, 0.25) is 0 Å². The summed E-state index contributed by atoms with van der Waals surface area (Å²) in [6.45, 7) is 5.61. The maximum atomic E-state index is 11.6. The normalized spacial score (nSPS) is 23.0. The van der Waals surface area contributed by atoms with Gasteiger partial charge in [-0.25, -0.2) is 4.79 Å². The molecular formula is C14H19NO2. The second-order valence-corrected chi connectivity index (χ2v) is 5.51. The molecule has 0 radical (unpaired) electrons. The monoisotopic (exact) mass is 233 g/mol. The first-order valence-electron chi connectivity index (χ1n) is 6.00. The first-order valence-corrected chi connectivity index (χ1v) is 6.00. The van der Waals surface area contributed by atoms with Crippen molar-refractivity contribution in [3.63, 3.8) is 0 Å². The van der Waals surface area contributed by atoms with E-state index in [0.717, 1.165) is 6.42 Å². The van der Waals surface area contributed by atoms with Crippen LogP contribution in [0, 0.1) is 0 Å². The van der Waals surface area contributed by atoms with E-state index in [4.69, 9.17) is 4.74 Å². The van der Waals surface area contributed by atoms with Gasteiger partial charge in [0, 0.05) is 12.0 Å². The third kappa shape index (κ3) is 3.48. The summed E-state index contributed by atoms with van der Waals surface area (Å²) < 4.78 is 5.22. The molecule has 2 atom stereocenters. The van der Waals surface area contributed by atoms with Crippen LogP contribution in [0.5, 0.6) is 0 Å². The lowest BCUT2D eigenvalue weighted by atomic mass is 10.1. The summed E-state index contributed by atoms with van der Waals surface area (Å²) in [4.78, 5) is 11.6. The molecule has 0 heterocycles. The number of ether oxygens (including phenoxy) is 1. The molecule has 92 valence electrons. The number of amides is 1. The molecule has 1 aliphatic rings. The zero-order valence-corrected chi connectivity index (χ0v) is 10.6. The van der Waals surface area contributed by atoms with Gasteiger partial charge in [0.15, 0.2) is 0 Å². The SMILES string of the molecule is CC(C)(C)OC(=O)N[C@H]1CC1c1ccccc1. The van der Waals surface area contributed by atoms with Gasteiger partial charge in [-0.15, -0.1) is 0 Å². The van der Waals surface area contributed by atoms with Gasteiger partial charge in [-0.05, 0) is 32.8 Å². The molecule has 0 bridgehead atoms. The topological polar surface area (TPSA) is 38.3 Å². The highest BCUT2D eigenvalue weighted by Gasteiger charge is 2.40. The van der Waals surface area contributed by atoms with E-state index >= 15 is 0 Å². The van der Waals surface area contributed by atoms with Gasteiger partial charge in [0.1, 0.15) is 5.60 Å². The molecule has 17 heavy (non-hydrogen) atoms. The number of nitrogens with one attached hydrogen (secondary N) is 1. The summed E-state index contributed by atoms with van der Waals surface area (Å²) >= 11 is 0. The average Bonchev–Trinajstić information content (AvgIpc) is 2.95. The first kappa shape index (κ1) is 12.0. The van der Waals surface area contributed by atoms with E-state index in [-0.39, 0.29) is 12.1 Å². The van der Waals surface area contributed by atoms with Gasteiger partial charge >= 0.3 is 6.09 Å². The lowest BCUT2D eigenvalue weighted by molar-refractivity contribution is 0.0523. The predicted molar refractivity (Wildman–Crippen MR) is 67.0 cm³/mol. The fourth-order valence-corrected chi connectivity index (χ4v) is 1.88. The van der Waals surface area contributed by atoms with Crippen molar-refractivity contribution >= 4 is 6.09 Å². The third-order valence-corrected chi connectivity index (χ3v) is 2.72. The standard InChI is InChI=1S/C14H19NO2/c1-14(2,3)17-13(16)15-12-9-11(12)10-7-5-4-6-8-10/h4-8,11-12H,9H2,1-3H3,(H,15,16)/t11?,12-/m0/s1. The average molecular weight is 233 g/mol. The van der Waals surface area contributed by atoms with Crippen molar-refractivity contribution in [2.24, 2.45) is 0 Å². The van der Waals surface area contributed by atoms with E-state index in [0.29, 0.717) is 5.92 Å². The maximum absolute atomic E-state index is 11.6. The van der Waals surface area contributed by atoms with E-state index in [1.54, 1.807) is 0 Å². The smallest absolute Gasteiger partial charge is 0.407 e. The van der Waals surface area contributed by atoms with E-state index < -0.39 is 5.60 Å². The molecule has 0 saturated heterocycles. The minimum Gasteiger partial charge on any atom is -0.444 e. The van der Waals surface area contributed by atoms with Crippen molar-refractivity contribution in [3.05, 3.63) is 35.9 Å². The molecule has 1 aromatic carbocycles. The lowest BCUT2D eigenvalue weighted by Gasteiger charge is -2.19. The van der Waals surface area contributed by atoms with E-state index in [1.807, 2.05) is 39.0 Å². The van der Waals surface area contributed by atoms with Crippen molar-refractivity contribution in [1.82, 2.24) is 5.32 Å². The van der Waals surface area contributed by atoms with Gasteiger partial charge in [0.05, 0.1) is 0 Å². The Labute approximate surface area is 102 Å². The Hall–Kier alpha value is -1.51. The van der Waals surface area contributed by atoms with Crippen LogP contribution < -0.4 is 5.32 Å². The molecule has 0 aliphatic heterocycles. The Kier molecular flexibility index (Phi) is 3.09. The van der Waals surface area contributed by atoms with Crippen LogP contribution in [0.1, 0.15) is 38.7 Å². The predicted octanol–water partition coefficient (Wildman–Crippen LogP) is 3.07. The van der Waals surface area contributed by atoms with E-state index in [1.165, 1.54) is 5.56 Å². The van der Waals surface area contributed by atoms with Crippen LogP contribution in [0.2, 0.25) is 0 Å². The summed E-state index contributed by atoms with van der Waals surface area (Å²) in [5.41, 5.74) is 0.856. The molecule has 1 fully saturated rings. The van der Waals surface area contributed by atoms with Crippen molar-refractivity contribution < 1.29 is 9.53 Å². The molecule has 2 rings (SSSR count). The van der Waals surface area contributed by atoms with Crippen LogP contribution in [0.25, 0.3) is 0 Å². The second-order valence-electron chi connectivity index (χ2n) is 5.51. The Bertz CT molecular complexity index is 394. The molecule has 1 amide bonds. The summed E-state index contributed by atoms with van der Waals surface area (Å²) in [5, 5.41) is 2.90. The van der Waals surface area contributed by atoms with Crippen molar-refractivity contribution in [1.29, 1.82) is 0 Å². The number of hydrogen-bond acceptors (Lipinski definition) is 2. The van der Waals surface area contributed by atoms with E-state index in [9.17, 15) is 4.79 Å². The number of carbonyl (C=O) groups excluding carboxylic acids is 1. The fraction of sp³-hybridized carbons (Fsp3) is 0.500. The highest BCUT2D eigenvalue weighted by atomic mass is 16.6. The zero-order valence-electron chi connectivity index (χ0n) is 10.6. The minimum atomic E-state index is -0.429. The van der Waals surface area contributed by atoms with Gasteiger partial charge < -0.3 is 10.1 Å². The number of benzene rings is 1. The molecule has 0 spiro atoms. The molecule has 3 nitrogen and oxygen atoms in total. The molecule has 1 aromatic rings. The number of hydrogen-bond donors (Lipinski definition) is 1. The van der Waals surface area contributed by atoms with Crippen LogP contribution in [-0.4, -0.2) is 17.7 Å². The Morgan fingerprint density at radius 3 is 2.53 bits per heavy atom. The molecule has 1 unspecified atom stereocenters. The van der Waals surface area contributed by atoms with Crippen LogP contribution in [-0.2, 0) is 4.74 Å². The van der Waals surface area contributed by atoms with E-state index in [2.05, 4.69) is 17.4 Å². The Morgan fingerprint density at radius 2 is 1.94 bits per heavy atom. The Balaban J connectivity index is 1.83. The molecular weight excluding hydrogens is 214 g/mol. The zero-order chi connectivity index (χ0) is 12.5. The fourth-order valence-electron chi connectivity index (χ4n) is 1.88. The molecule has 1 aliphatic carbocycles. The van der Waals surface area contributed by atoms with Crippen LogP contribution in [0.4, 0.5) is 4.79 Å². The highest BCUT2D eigenvalue weighted by molar-refractivity contribution is 5.69. The summed E-state index contributed by atoms with van der Waals surface area (Å²) in [6, 6.07) is 10.5. The highest BCUT2D eigenvalue weighted by Crippen LogP contribution is 2.40. The first-order chi connectivity index (χ1) is 7.96. The minimum absolute atomic E-state index is 0.229. The number of rotatable bonds is 2. The maximum Gasteiger partial charge on any atom is 0.407 e. The van der Waals surface area contributed by atoms with Crippen LogP contribution in [0.15, 0.2) is 30.3 Å². The van der Waals surface area contributed by atoms with Crippen LogP contribution in [0.3, 0.4) is 0 Å². The summed E-state index contributed by atoms with van der Waals surface area (Å²) in [6.07, 6.45) is 0.685. The van der Waals surface area contributed by atoms with Gasteiger partial charge in [-0.2, -0.15) is 0 Å². The van der Waals surface area contributed by atoms with Crippen molar-refractivity contribution in [2.45, 2.75) is 44.8 Å². The van der Waals surface area contributed by atoms with Crippen molar-refractivity contribution in [3.8, 4) is 0 Å². The van der Waals surface area contributed by atoms with Gasteiger partial charge in [0.25, 0.3) is 0 Å². The number of alkyl carbamates (subject to hydrolysis) is 1. The Morgan fingerprint density at radius 1 is 1.29 bits per heavy atom. The number of carbonyl (C=O) groups is 1. The van der Waals surface area contributed by atoms with Gasteiger partial charge in [-0.3, -0.25) is 0 Å². The van der Waals surface area contributed by atoms with Gasteiger partial charge in [-0.1, -0.05) is 30.3 Å². The molecule has 0 aromatic heterocycles. The second kappa shape index (κ2) is 4.40.